The molecule has 0 bridgehead atoms. The number of benzene rings is 1. The molecule has 1 fully saturated rings. The van der Waals surface area contributed by atoms with Crippen LogP contribution in [0.5, 0.6) is 0 Å². The van der Waals surface area contributed by atoms with Crippen molar-refractivity contribution in [1.82, 2.24) is 4.90 Å². The van der Waals surface area contributed by atoms with Crippen LogP contribution < -0.4 is 4.90 Å². The highest BCUT2D eigenvalue weighted by molar-refractivity contribution is 5.97. The zero-order valence-electron chi connectivity index (χ0n) is 16.3. The van der Waals surface area contributed by atoms with E-state index >= 15 is 0 Å². The molecule has 27 heavy (non-hydrogen) atoms. The topological polar surface area (TPSA) is 63.0 Å². The van der Waals surface area contributed by atoms with Gasteiger partial charge < -0.3 is 14.1 Å². The molecule has 6 heteroatoms. The molecule has 0 N–H and O–H groups in total. The first-order chi connectivity index (χ1) is 12.9. The second-order valence-electron chi connectivity index (χ2n) is 6.98. The van der Waals surface area contributed by atoms with Crippen LogP contribution in [0.3, 0.4) is 0 Å². The van der Waals surface area contributed by atoms with Crippen molar-refractivity contribution >= 4 is 17.6 Å². The zero-order chi connectivity index (χ0) is 19.6. The number of methoxy groups -OCH3 is 1. The van der Waals surface area contributed by atoms with Gasteiger partial charge in [0.15, 0.2) is 0 Å². The lowest BCUT2D eigenvalue weighted by molar-refractivity contribution is -0.125. The van der Waals surface area contributed by atoms with Crippen LogP contribution in [0.1, 0.15) is 47.7 Å². The largest absolute Gasteiger partial charge is 0.463 e. The highest BCUT2D eigenvalue weighted by Crippen LogP contribution is 2.30. The summed E-state index contributed by atoms with van der Waals surface area (Å²) in [5, 5.41) is 0. The van der Waals surface area contributed by atoms with Crippen molar-refractivity contribution in [2.24, 2.45) is 0 Å². The van der Waals surface area contributed by atoms with E-state index in [2.05, 4.69) is 0 Å². The van der Waals surface area contributed by atoms with Crippen LogP contribution >= 0.6 is 0 Å². The Balaban J connectivity index is 1.79. The van der Waals surface area contributed by atoms with Gasteiger partial charge in [-0.05, 0) is 51.9 Å². The lowest BCUT2D eigenvalue weighted by Gasteiger charge is -2.38. The fourth-order valence-electron chi connectivity index (χ4n) is 3.58. The average molecular weight is 370 g/mol. The first-order valence-corrected chi connectivity index (χ1v) is 9.21. The van der Waals surface area contributed by atoms with Crippen molar-refractivity contribution in [1.29, 1.82) is 0 Å². The Morgan fingerprint density at radius 1 is 1.33 bits per heavy atom. The van der Waals surface area contributed by atoms with Crippen molar-refractivity contribution < 1.29 is 18.7 Å². The molecule has 0 spiro atoms. The van der Waals surface area contributed by atoms with Gasteiger partial charge in [0.1, 0.15) is 5.76 Å². The number of amides is 1. The normalized spacial score (nSPS) is 18.6. The quantitative estimate of drug-likeness (QED) is 0.753. The summed E-state index contributed by atoms with van der Waals surface area (Å²) in [4.78, 5) is 28.8. The van der Waals surface area contributed by atoms with Gasteiger partial charge >= 0.3 is 5.97 Å². The van der Waals surface area contributed by atoms with E-state index in [0.717, 1.165) is 30.6 Å². The third kappa shape index (κ3) is 3.76. The van der Waals surface area contributed by atoms with Gasteiger partial charge in [-0.1, -0.05) is 18.2 Å². The van der Waals surface area contributed by atoms with Gasteiger partial charge in [-0.15, -0.1) is 0 Å². The number of likely N-dealkylation sites (N-methyl/N-ethyl adjacent to an activating group) is 1. The summed E-state index contributed by atoms with van der Waals surface area (Å²) < 4.78 is 10.5. The molecule has 2 aromatic rings. The SMILES string of the molecule is COC(=O)c1oc([C@@H](C)N(C)[C@@H]2CCCN(c3ccccc3)C2=O)cc1C. The number of hydrogen-bond donors (Lipinski definition) is 0. The number of esters is 1. The van der Waals surface area contributed by atoms with Crippen LogP contribution in [0.2, 0.25) is 0 Å². The van der Waals surface area contributed by atoms with Gasteiger partial charge in [-0.3, -0.25) is 9.69 Å². The predicted octanol–water partition coefficient (Wildman–Crippen LogP) is 3.56. The maximum atomic E-state index is 13.1. The number of nitrogens with zero attached hydrogens (tertiary/aromatic N) is 2. The summed E-state index contributed by atoms with van der Waals surface area (Å²) in [6, 6.07) is 11.2. The van der Waals surface area contributed by atoms with E-state index in [1.54, 1.807) is 0 Å². The van der Waals surface area contributed by atoms with Crippen LogP contribution in [0.25, 0.3) is 0 Å². The number of carbonyl (C=O) groups excluding carboxylic acids is 2. The smallest absolute Gasteiger partial charge is 0.374 e. The summed E-state index contributed by atoms with van der Waals surface area (Å²) in [6.45, 7) is 4.52. The first-order valence-electron chi connectivity index (χ1n) is 9.21. The minimum absolute atomic E-state index is 0.0956. The third-order valence-corrected chi connectivity index (χ3v) is 5.30. The second-order valence-corrected chi connectivity index (χ2v) is 6.98. The maximum Gasteiger partial charge on any atom is 0.374 e. The monoisotopic (exact) mass is 370 g/mol. The Labute approximate surface area is 159 Å². The molecule has 1 aromatic carbocycles. The molecule has 1 amide bonds. The minimum Gasteiger partial charge on any atom is -0.463 e. The molecule has 0 aliphatic carbocycles. The first kappa shape index (κ1) is 19.2. The van der Waals surface area contributed by atoms with Crippen LogP contribution in [0, 0.1) is 6.92 Å². The minimum atomic E-state index is -0.488. The van der Waals surface area contributed by atoms with Gasteiger partial charge in [0, 0.05) is 17.8 Å². The number of carbonyl (C=O) groups is 2. The number of aryl methyl sites for hydroxylation is 1. The second kappa shape index (κ2) is 7.96. The number of ether oxygens (including phenoxy) is 1. The molecule has 0 unspecified atom stereocenters. The molecule has 0 radical (unpaired) electrons. The fraction of sp³-hybridized carbons (Fsp3) is 0.429. The Hall–Kier alpha value is -2.60. The van der Waals surface area contributed by atoms with Crippen molar-refractivity contribution in [2.45, 2.75) is 38.8 Å². The van der Waals surface area contributed by atoms with Crippen LogP contribution in [-0.4, -0.2) is 43.5 Å². The van der Waals surface area contributed by atoms with Crippen molar-refractivity contribution in [3.8, 4) is 0 Å². The van der Waals surface area contributed by atoms with Crippen molar-refractivity contribution in [2.75, 3.05) is 25.6 Å². The molecule has 1 saturated heterocycles. The molecule has 1 aromatic heterocycles. The van der Waals surface area contributed by atoms with Crippen LogP contribution in [0.15, 0.2) is 40.8 Å². The van der Waals surface area contributed by atoms with E-state index in [0.29, 0.717) is 5.76 Å². The molecule has 2 heterocycles. The maximum absolute atomic E-state index is 13.1. The number of anilines is 1. The Morgan fingerprint density at radius 3 is 2.70 bits per heavy atom. The molecule has 0 saturated carbocycles. The van der Waals surface area contributed by atoms with E-state index in [-0.39, 0.29) is 23.8 Å². The summed E-state index contributed by atoms with van der Waals surface area (Å²) in [5.74, 6) is 0.476. The number of furan rings is 1. The Morgan fingerprint density at radius 2 is 2.04 bits per heavy atom. The van der Waals surface area contributed by atoms with Gasteiger partial charge in [0.25, 0.3) is 0 Å². The molecule has 6 nitrogen and oxygen atoms in total. The Kier molecular flexibility index (Phi) is 5.65. The number of para-hydroxylation sites is 1. The van der Waals surface area contributed by atoms with Gasteiger partial charge in [-0.25, -0.2) is 4.79 Å². The number of piperidine rings is 1. The van der Waals surface area contributed by atoms with Gasteiger partial charge in [0.05, 0.1) is 19.2 Å². The van der Waals surface area contributed by atoms with Gasteiger partial charge in [-0.2, -0.15) is 0 Å². The average Bonchev–Trinajstić information content (AvgIpc) is 3.08. The highest BCUT2D eigenvalue weighted by atomic mass is 16.5. The van der Waals surface area contributed by atoms with E-state index in [9.17, 15) is 9.59 Å². The van der Waals surface area contributed by atoms with Crippen molar-refractivity contribution in [3.63, 3.8) is 0 Å². The zero-order valence-corrected chi connectivity index (χ0v) is 16.3. The molecular formula is C21H26N2O4. The predicted molar refractivity (Wildman–Crippen MR) is 103 cm³/mol. The molecule has 1 aliphatic rings. The standard InChI is InChI=1S/C21H26N2O4/c1-14-13-18(27-19(14)21(25)26-4)15(2)22(3)17-11-8-12-23(20(17)24)16-9-6-5-7-10-16/h5-7,9-10,13,15,17H,8,11-12H2,1-4H3/t15-,17-/m1/s1. The molecule has 144 valence electrons. The third-order valence-electron chi connectivity index (χ3n) is 5.30. The van der Waals surface area contributed by atoms with Gasteiger partial charge in [0.2, 0.25) is 11.7 Å². The summed E-state index contributed by atoms with van der Waals surface area (Å²) in [7, 11) is 3.26. The molecule has 1 aliphatic heterocycles. The van der Waals surface area contributed by atoms with E-state index in [1.807, 2.05) is 67.1 Å². The van der Waals surface area contributed by atoms with Crippen molar-refractivity contribution in [3.05, 3.63) is 53.5 Å². The van der Waals surface area contributed by atoms with E-state index < -0.39 is 5.97 Å². The van der Waals surface area contributed by atoms with Crippen LogP contribution in [-0.2, 0) is 9.53 Å². The Bertz CT molecular complexity index is 815. The number of hydrogen-bond acceptors (Lipinski definition) is 5. The van der Waals surface area contributed by atoms with E-state index in [4.69, 9.17) is 9.15 Å². The fourth-order valence-corrected chi connectivity index (χ4v) is 3.58. The van der Waals surface area contributed by atoms with E-state index in [1.165, 1.54) is 7.11 Å². The summed E-state index contributed by atoms with van der Waals surface area (Å²) in [5.41, 5.74) is 1.66. The molecular weight excluding hydrogens is 344 g/mol. The molecule has 3 rings (SSSR count). The lowest BCUT2D eigenvalue weighted by atomic mass is 10.0. The highest BCUT2D eigenvalue weighted by Gasteiger charge is 2.35. The molecule has 2 atom stereocenters. The number of rotatable bonds is 5. The van der Waals surface area contributed by atoms with Crippen LogP contribution in [0.4, 0.5) is 5.69 Å². The lowest BCUT2D eigenvalue weighted by Crippen LogP contribution is -2.52. The summed E-state index contributed by atoms with van der Waals surface area (Å²) in [6.07, 6.45) is 1.74. The summed E-state index contributed by atoms with van der Waals surface area (Å²) >= 11 is 0.